The van der Waals surface area contributed by atoms with Crippen LogP contribution in [0.25, 0.3) is 11.1 Å². The van der Waals surface area contributed by atoms with E-state index in [0.717, 1.165) is 12.8 Å². The van der Waals surface area contributed by atoms with Crippen molar-refractivity contribution in [3.8, 4) is 17.2 Å². The van der Waals surface area contributed by atoms with Crippen molar-refractivity contribution in [3.05, 3.63) is 59.4 Å². The molecule has 2 aromatic carbocycles. The van der Waals surface area contributed by atoms with Gasteiger partial charge >= 0.3 is 0 Å². The Morgan fingerprint density at radius 2 is 1.92 bits per heavy atom. The molecule has 0 aliphatic carbocycles. The topological polar surface area (TPSA) is 61.2 Å². The maximum Gasteiger partial charge on any atom is 0.253 e. The number of carbonyl (C=O) groups excluding carboxylic acids is 2. The number of hydrogen-bond acceptors (Lipinski definition) is 3. The van der Waals surface area contributed by atoms with Crippen molar-refractivity contribution < 1.29 is 14.0 Å². The van der Waals surface area contributed by atoms with Crippen LogP contribution in [0.5, 0.6) is 0 Å². The van der Waals surface area contributed by atoms with E-state index in [1.54, 1.807) is 29.2 Å². The highest BCUT2D eigenvalue weighted by molar-refractivity contribution is 6.01. The van der Waals surface area contributed by atoms with Gasteiger partial charge in [-0.05, 0) is 61.2 Å². The van der Waals surface area contributed by atoms with Gasteiger partial charge < -0.3 is 4.90 Å². The number of amides is 1. The lowest BCUT2D eigenvalue weighted by atomic mass is 9.96. The van der Waals surface area contributed by atoms with Crippen molar-refractivity contribution in [1.29, 1.82) is 5.26 Å². The van der Waals surface area contributed by atoms with Gasteiger partial charge in [0.15, 0.2) is 5.78 Å². The molecule has 1 atom stereocenters. The zero-order valence-corrected chi connectivity index (χ0v) is 14.5. The summed E-state index contributed by atoms with van der Waals surface area (Å²) in [6, 6.07) is 13.1. The van der Waals surface area contributed by atoms with Crippen molar-refractivity contribution >= 4 is 11.7 Å². The monoisotopic (exact) mass is 350 g/mol. The first kappa shape index (κ1) is 17.8. The second-order valence-electron chi connectivity index (χ2n) is 6.54. The molecule has 0 spiro atoms. The van der Waals surface area contributed by atoms with E-state index in [1.807, 2.05) is 0 Å². The van der Waals surface area contributed by atoms with E-state index < -0.39 is 5.82 Å². The maximum absolute atomic E-state index is 13.6. The summed E-state index contributed by atoms with van der Waals surface area (Å²) in [5.41, 5.74) is 2.16. The average Bonchev–Trinajstić information content (AvgIpc) is 2.67. The predicted octanol–water partition coefficient (Wildman–Crippen LogP) is 4.07. The minimum atomic E-state index is -0.416. The van der Waals surface area contributed by atoms with Gasteiger partial charge in [0.05, 0.1) is 12.0 Å². The maximum atomic E-state index is 13.6. The summed E-state index contributed by atoms with van der Waals surface area (Å²) in [6.07, 6.45) is 1.65. The smallest absolute Gasteiger partial charge is 0.253 e. The Labute approximate surface area is 151 Å². The number of carbonyl (C=O) groups is 2. The van der Waals surface area contributed by atoms with Crippen molar-refractivity contribution in [1.82, 2.24) is 4.90 Å². The SMILES string of the molecule is CC(=O)c1ccc(F)cc1-c1ccc(C(=O)N2CCC[C@@H](C#N)C2)cc1. The molecule has 1 aliphatic rings. The van der Waals surface area contributed by atoms with Crippen LogP contribution in [0.1, 0.15) is 40.5 Å². The van der Waals surface area contributed by atoms with Gasteiger partial charge in [0, 0.05) is 24.2 Å². The van der Waals surface area contributed by atoms with E-state index in [2.05, 4.69) is 6.07 Å². The van der Waals surface area contributed by atoms with Crippen LogP contribution in [0.4, 0.5) is 4.39 Å². The summed E-state index contributed by atoms with van der Waals surface area (Å²) in [5, 5.41) is 9.07. The molecular weight excluding hydrogens is 331 g/mol. The lowest BCUT2D eigenvalue weighted by Gasteiger charge is -2.29. The molecule has 1 fully saturated rings. The second kappa shape index (κ2) is 7.49. The molecule has 1 aliphatic heterocycles. The molecule has 4 nitrogen and oxygen atoms in total. The van der Waals surface area contributed by atoms with Crippen molar-refractivity contribution in [2.45, 2.75) is 19.8 Å². The summed E-state index contributed by atoms with van der Waals surface area (Å²) >= 11 is 0. The highest BCUT2D eigenvalue weighted by Crippen LogP contribution is 2.26. The lowest BCUT2D eigenvalue weighted by Crippen LogP contribution is -2.39. The second-order valence-corrected chi connectivity index (χ2v) is 6.54. The predicted molar refractivity (Wildman–Crippen MR) is 96.1 cm³/mol. The van der Waals surface area contributed by atoms with Crippen LogP contribution in [0.3, 0.4) is 0 Å². The summed E-state index contributed by atoms with van der Waals surface area (Å²) in [4.78, 5) is 26.1. The van der Waals surface area contributed by atoms with Crippen LogP contribution >= 0.6 is 0 Å². The van der Waals surface area contributed by atoms with Crippen LogP contribution < -0.4 is 0 Å². The van der Waals surface area contributed by atoms with E-state index in [0.29, 0.717) is 35.3 Å². The van der Waals surface area contributed by atoms with E-state index in [-0.39, 0.29) is 17.6 Å². The summed E-state index contributed by atoms with van der Waals surface area (Å²) in [6.45, 7) is 2.54. The third-order valence-corrected chi connectivity index (χ3v) is 4.69. The largest absolute Gasteiger partial charge is 0.337 e. The number of nitriles is 1. The molecule has 2 aromatic rings. The Bertz CT molecular complexity index is 884. The van der Waals surface area contributed by atoms with Gasteiger partial charge in [0.1, 0.15) is 5.82 Å². The average molecular weight is 350 g/mol. The van der Waals surface area contributed by atoms with Crippen LogP contribution in [0.2, 0.25) is 0 Å². The van der Waals surface area contributed by atoms with Crippen LogP contribution in [-0.4, -0.2) is 29.7 Å². The number of Topliss-reactive ketones (excluding diaryl/α,β-unsaturated/α-hetero) is 1. The minimum Gasteiger partial charge on any atom is -0.337 e. The van der Waals surface area contributed by atoms with Gasteiger partial charge in [0.25, 0.3) is 5.91 Å². The van der Waals surface area contributed by atoms with Gasteiger partial charge in [-0.2, -0.15) is 5.26 Å². The molecule has 0 bridgehead atoms. The molecule has 0 radical (unpaired) electrons. The van der Waals surface area contributed by atoms with E-state index in [9.17, 15) is 14.0 Å². The Hall–Kier alpha value is -3.00. The molecule has 0 aromatic heterocycles. The standard InChI is InChI=1S/C21H19FN2O2/c1-14(25)19-9-8-18(22)11-20(19)16-4-6-17(7-5-16)21(26)24-10-2-3-15(12-23)13-24/h4-9,11,15H,2-3,10,13H2,1H3/t15-/m0/s1. The summed E-state index contributed by atoms with van der Waals surface area (Å²) in [7, 11) is 0. The first-order valence-corrected chi connectivity index (χ1v) is 8.59. The van der Waals surface area contributed by atoms with Gasteiger partial charge in [-0.1, -0.05) is 12.1 Å². The Morgan fingerprint density at radius 3 is 2.58 bits per heavy atom. The van der Waals surface area contributed by atoms with Crippen molar-refractivity contribution in [2.24, 2.45) is 5.92 Å². The quantitative estimate of drug-likeness (QED) is 0.784. The zero-order valence-electron chi connectivity index (χ0n) is 14.5. The molecule has 1 amide bonds. The highest BCUT2D eigenvalue weighted by atomic mass is 19.1. The number of likely N-dealkylation sites (tertiary alicyclic amines) is 1. The molecule has 3 rings (SSSR count). The van der Waals surface area contributed by atoms with Gasteiger partial charge in [-0.3, -0.25) is 9.59 Å². The summed E-state index contributed by atoms with van der Waals surface area (Å²) < 4.78 is 13.6. The molecule has 26 heavy (non-hydrogen) atoms. The lowest BCUT2D eigenvalue weighted by molar-refractivity contribution is 0.0698. The molecule has 1 heterocycles. The highest BCUT2D eigenvalue weighted by Gasteiger charge is 2.24. The molecule has 1 saturated heterocycles. The minimum absolute atomic E-state index is 0.109. The molecule has 0 saturated carbocycles. The number of rotatable bonds is 3. The third-order valence-electron chi connectivity index (χ3n) is 4.69. The van der Waals surface area contributed by atoms with Crippen molar-refractivity contribution in [3.63, 3.8) is 0 Å². The van der Waals surface area contributed by atoms with E-state index >= 15 is 0 Å². The number of nitrogens with zero attached hydrogens (tertiary/aromatic N) is 2. The van der Waals surface area contributed by atoms with Crippen LogP contribution in [-0.2, 0) is 0 Å². The van der Waals surface area contributed by atoms with Gasteiger partial charge in [-0.15, -0.1) is 0 Å². The number of ketones is 1. The third kappa shape index (κ3) is 3.65. The Balaban J connectivity index is 1.85. The fourth-order valence-electron chi connectivity index (χ4n) is 3.30. The fraction of sp³-hybridized carbons (Fsp3) is 0.286. The normalized spacial score (nSPS) is 16.8. The van der Waals surface area contributed by atoms with Crippen LogP contribution in [0, 0.1) is 23.1 Å². The van der Waals surface area contributed by atoms with Gasteiger partial charge in [-0.25, -0.2) is 4.39 Å². The zero-order chi connectivity index (χ0) is 18.7. The number of piperidine rings is 1. The molecule has 5 heteroatoms. The first-order valence-electron chi connectivity index (χ1n) is 8.59. The molecule has 0 N–H and O–H groups in total. The fourth-order valence-corrected chi connectivity index (χ4v) is 3.30. The Kier molecular flexibility index (Phi) is 5.13. The van der Waals surface area contributed by atoms with E-state index in [1.165, 1.54) is 25.1 Å². The van der Waals surface area contributed by atoms with Crippen LogP contribution in [0.15, 0.2) is 42.5 Å². The van der Waals surface area contributed by atoms with E-state index in [4.69, 9.17) is 5.26 Å². The molecule has 132 valence electrons. The summed E-state index contributed by atoms with van der Waals surface area (Å²) in [5.74, 6) is -0.781. The Morgan fingerprint density at radius 1 is 1.19 bits per heavy atom. The molecular formula is C21H19FN2O2. The van der Waals surface area contributed by atoms with Crippen molar-refractivity contribution in [2.75, 3.05) is 13.1 Å². The first-order chi connectivity index (χ1) is 12.5. The molecule has 0 unspecified atom stereocenters. The number of benzene rings is 2. The van der Waals surface area contributed by atoms with Gasteiger partial charge in [0.2, 0.25) is 0 Å². The number of hydrogen-bond donors (Lipinski definition) is 0. The number of halogens is 1.